The van der Waals surface area contributed by atoms with Gasteiger partial charge in [-0.1, -0.05) is 6.07 Å². The van der Waals surface area contributed by atoms with E-state index in [-0.39, 0.29) is 5.97 Å². The number of carbonyl (C=O) groups excluding carboxylic acids is 1. The van der Waals surface area contributed by atoms with Crippen LogP contribution in [0.3, 0.4) is 0 Å². The van der Waals surface area contributed by atoms with E-state index in [0.29, 0.717) is 5.56 Å². The van der Waals surface area contributed by atoms with Crippen LogP contribution in [0.15, 0.2) is 42.5 Å². The fourth-order valence-electron chi connectivity index (χ4n) is 2.97. The lowest BCUT2D eigenvalue weighted by Gasteiger charge is -2.11. The Morgan fingerprint density at radius 2 is 1.88 bits per heavy atom. The summed E-state index contributed by atoms with van der Waals surface area (Å²) in [5.74, 6) is -0.340. The summed E-state index contributed by atoms with van der Waals surface area (Å²) in [4.78, 5) is 15.2. The van der Waals surface area contributed by atoms with Crippen LogP contribution in [0, 0.1) is 20.8 Å². The standard InChI is InChI=1S/C20H20N2O2/c1-12-8-13(2)19-17(9-12)18(10-14(3)21-19)22-16-7-5-6-15(11-16)20(23)24-4/h5-11H,1-4H3,(H,21,22)/p+1. The summed E-state index contributed by atoms with van der Waals surface area (Å²) in [5.41, 5.74) is 6.99. The summed E-state index contributed by atoms with van der Waals surface area (Å²) in [7, 11) is 1.39. The van der Waals surface area contributed by atoms with Crippen molar-refractivity contribution >= 4 is 28.2 Å². The molecule has 0 spiro atoms. The van der Waals surface area contributed by atoms with Gasteiger partial charge in [0.2, 0.25) is 5.52 Å². The molecule has 4 nitrogen and oxygen atoms in total. The minimum atomic E-state index is -0.340. The van der Waals surface area contributed by atoms with Crippen LogP contribution < -0.4 is 10.3 Å². The van der Waals surface area contributed by atoms with Crippen LogP contribution in [0.25, 0.3) is 10.9 Å². The van der Waals surface area contributed by atoms with Crippen LogP contribution in [0.2, 0.25) is 0 Å². The number of carbonyl (C=O) groups is 1. The Kier molecular flexibility index (Phi) is 4.21. The number of nitrogens with one attached hydrogen (secondary N) is 2. The minimum Gasteiger partial charge on any atom is -0.465 e. The smallest absolute Gasteiger partial charge is 0.337 e. The van der Waals surface area contributed by atoms with E-state index >= 15 is 0 Å². The number of H-pyrrole nitrogens is 1. The second-order valence-electron chi connectivity index (χ2n) is 6.07. The van der Waals surface area contributed by atoms with E-state index in [1.807, 2.05) is 19.1 Å². The molecule has 0 aliphatic heterocycles. The van der Waals surface area contributed by atoms with Gasteiger partial charge in [-0.3, -0.25) is 0 Å². The molecule has 0 unspecified atom stereocenters. The number of aryl methyl sites for hydroxylation is 3. The SMILES string of the molecule is COC(=O)c1cccc(Nc2cc(C)[nH+]c3c(C)cc(C)cc23)c1. The number of benzene rings is 2. The molecule has 0 aliphatic rings. The molecule has 4 heteroatoms. The van der Waals surface area contributed by atoms with Crippen molar-refractivity contribution in [2.75, 3.05) is 12.4 Å². The number of fused-ring (bicyclic) bond motifs is 1. The van der Waals surface area contributed by atoms with Gasteiger partial charge in [-0.15, -0.1) is 0 Å². The number of aromatic nitrogens is 1. The molecule has 3 aromatic rings. The predicted molar refractivity (Wildman–Crippen MR) is 95.8 cm³/mol. The van der Waals surface area contributed by atoms with Crippen molar-refractivity contribution in [3.05, 3.63) is 64.8 Å². The van der Waals surface area contributed by atoms with Gasteiger partial charge in [-0.05, 0) is 49.7 Å². The Morgan fingerprint density at radius 3 is 2.62 bits per heavy atom. The second kappa shape index (κ2) is 6.32. The number of rotatable bonds is 3. The molecule has 1 heterocycles. The van der Waals surface area contributed by atoms with E-state index in [4.69, 9.17) is 4.74 Å². The molecule has 0 atom stereocenters. The molecule has 2 N–H and O–H groups in total. The van der Waals surface area contributed by atoms with E-state index in [9.17, 15) is 4.79 Å². The molecule has 122 valence electrons. The molecule has 2 aromatic carbocycles. The number of pyridine rings is 1. The summed E-state index contributed by atoms with van der Waals surface area (Å²) in [5, 5.41) is 4.56. The Hall–Kier alpha value is -2.88. The molecule has 3 rings (SSSR count). The quantitative estimate of drug-likeness (QED) is 0.739. The van der Waals surface area contributed by atoms with Crippen molar-refractivity contribution in [1.82, 2.24) is 0 Å². The van der Waals surface area contributed by atoms with Crippen LogP contribution in [0.1, 0.15) is 27.2 Å². The highest BCUT2D eigenvalue weighted by atomic mass is 16.5. The third-order valence-electron chi connectivity index (χ3n) is 4.02. The van der Waals surface area contributed by atoms with Crippen LogP contribution in [-0.2, 0) is 4.74 Å². The molecule has 0 aliphatic carbocycles. The first-order valence-corrected chi connectivity index (χ1v) is 7.87. The molecule has 0 fully saturated rings. The van der Waals surface area contributed by atoms with Gasteiger partial charge in [-0.2, -0.15) is 0 Å². The van der Waals surface area contributed by atoms with Gasteiger partial charge in [0.15, 0.2) is 5.69 Å². The average molecular weight is 321 g/mol. The predicted octanol–water partition coefficient (Wildman–Crippen LogP) is 4.11. The maximum Gasteiger partial charge on any atom is 0.337 e. The van der Waals surface area contributed by atoms with E-state index in [2.05, 4.69) is 42.3 Å². The summed E-state index contributed by atoms with van der Waals surface area (Å²) < 4.78 is 4.79. The van der Waals surface area contributed by atoms with Crippen LogP contribution in [0.5, 0.6) is 0 Å². The molecule has 0 amide bonds. The van der Waals surface area contributed by atoms with Gasteiger partial charge in [0.05, 0.1) is 23.7 Å². The summed E-state index contributed by atoms with van der Waals surface area (Å²) in [6.07, 6.45) is 0. The van der Waals surface area contributed by atoms with E-state index < -0.39 is 0 Å². The maximum absolute atomic E-state index is 11.7. The van der Waals surface area contributed by atoms with Gasteiger partial charge < -0.3 is 10.1 Å². The van der Waals surface area contributed by atoms with E-state index in [1.54, 1.807) is 12.1 Å². The van der Waals surface area contributed by atoms with E-state index in [0.717, 1.165) is 28.0 Å². The summed E-state index contributed by atoms with van der Waals surface area (Å²) in [6, 6.07) is 13.7. The number of hydrogen-bond acceptors (Lipinski definition) is 3. The highest BCUT2D eigenvalue weighted by Gasteiger charge is 2.13. The second-order valence-corrected chi connectivity index (χ2v) is 6.07. The topological polar surface area (TPSA) is 52.5 Å². The Balaban J connectivity index is 2.09. The van der Waals surface area contributed by atoms with Crippen LogP contribution in [0.4, 0.5) is 11.4 Å². The number of esters is 1. The van der Waals surface area contributed by atoms with Gasteiger partial charge in [0, 0.05) is 24.2 Å². The third kappa shape index (κ3) is 3.08. The summed E-state index contributed by atoms with van der Waals surface area (Å²) in [6.45, 7) is 6.23. The van der Waals surface area contributed by atoms with Crippen molar-refractivity contribution in [2.45, 2.75) is 20.8 Å². The number of methoxy groups -OCH3 is 1. The minimum absolute atomic E-state index is 0.340. The zero-order valence-electron chi connectivity index (χ0n) is 14.4. The molecule has 0 bridgehead atoms. The van der Waals surface area contributed by atoms with Crippen LogP contribution >= 0.6 is 0 Å². The largest absolute Gasteiger partial charge is 0.465 e. The lowest BCUT2D eigenvalue weighted by atomic mass is 10.0. The monoisotopic (exact) mass is 321 g/mol. The third-order valence-corrected chi connectivity index (χ3v) is 4.02. The first-order chi connectivity index (χ1) is 11.5. The molecule has 24 heavy (non-hydrogen) atoms. The molecule has 0 saturated carbocycles. The van der Waals surface area contributed by atoms with Crippen molar-refractivity contribution in [3.63, 3.8) is 0 Å². The normalized spacial score (nSPS) is 10.7. The fraction of sp³-hybridized carbons (Fsp3) is 0.200. The number of aromatic amines is 1. The van der Waals surface area contributed by atoms with Crippen molar-refractivity contribution in [3.8, 4) is 0 Å². The Morgan fingerprint density at radius 1 is 1.08 bits per heavy atom. The molecule has 0 radical (unpaired) electrons. The highest BCUT2D eigenvalue weighted by Crippen LogP contribution is 2.28. The zero-order chi connectivity index (χ0) is 17.3. The van der Waals surface area contributed by atoms with Gasteiger partial charge in [0.1, 0.15) is 0 Å². The molecule has 1 aromatic heterocycles. The molecular weight excluding hydrogens is 300 g/mol. The first-order valence-electron chi connectivity index (χ1n) is 7.87. The Labute approximate surface area is 141 Å². The van der Waals surface area contributed by atoms with Crippen molar-refractivity contribution in [1.29, 1.82) is 0 Å². The Bertz CT molecular complexity index is 932. The van der Waals surface area contributed by atoms with E-state index in [1.165, 1.54) is 18.2 Å². The van der Waals surface area contributed by atoms with Crippen molar-refractivity contribution in [2.24, 2.45) is 0 Å². The number of ether oxygens (including phenoxy) is 1. The molecular formula is C20H21N2O2+. The fourth-order valence-corrected chi connectivity index (χ4v) is 2.97. The first kappa shape index (κ1) is 16.0. The average Bonchev–Trinajstić information content (AvgIpc) is 2.55. The molecule has 0 saturated heterocycles. The summed E-state index contributed by atoms with van der Waals surface area (Å²) >= 11 is 0. The van der Waals surface area contributed by atoms with Gasteiger partial charge in [0.25, 0.3) is 0 Å². The maximum atomic E-state index is 11.7. The highest BCUT2D eigenvalue weighted by molar-refractivity contribution is 5.94. The van der Waals surface area contributed by atoms with Crippen molar-refractivity contribution < 1.29 is 14.5 Å². The number of anilines is 2. The van der Waals surface area contributed by atoms with Crippen LogP contribution in [-0.4, -0.2) is 13.1 Å². The zero-order valence-corrected chi connectivity index (χ0v) is 14.4. The number of hydrogen-bond donors (Lipinski definition) is 1. The van der Waals surface area contributed by atoms with Gasteiger partial charge >= 0.3 is 5.97 Å². The lowest BCUT2D eigenvalue weighted by Crippen LogP contribution is -2.11. The van der Waals surface area contributed by atoms with Gasteiger partial charge in [-0.25, -0.2) is 9.78 Å². The lowest BCUT2D eigenvalue weighted by molar-refractivity contribution is -0.354.